The molecule has 1 aromatic carbocycles. The van der Waals surface area contributed by atoms with Gasteiger partial charge in [-0.15, -0.1) is 0 Å². The maximum Gasteiger partial charge on any atom is 0.257 e. The smallest absolute Gasteiger partial charge is 0.257 e. The fourth-order valence-corrected chi connectivity index (χ4v) is 2.36. The summed E-state index contributed by atoms with van der Waals surface area (Å²) in [5, 5.41) is 0. The van der Waals surface area contributed by atoms with Gasteiger partial charge in [0.2, 0.25) is 0 Å². The van der Waals surface area contributed by atoms with E-state index in [-0.39, 0.29) is 17.6 Å². The molecule has 0 aromatic heterocycles. The zero-order chi connectivity index (χ0) is 14.0. The maximum absolute atomic E-state index is 12.5. The van der Waals surface area contributed by atoms with Crippen LogP contribution in [0.2, 0.25) is 0 Å². The highest BCUT2D eigenvalue weighted by molar-refractivity contribution is 5.98. The van der Waals surface area contributed by atoms with Crippen LogP contribution in [-0.4, -0.2) is 36.8 Å². The van der Waals surface area contributed by atoms with Crippen LogP contribution in [0.1, 0.15) is 29.3 Å². The van der Waals surface area contributed by atoms with Crippen molar-refractivity contribution in [3.63, 3.8) is 0 Å². The minimum absolute atomic E-state index is 0.0556. The van der Waals surface area contributed by atoms with Crippen LogP contribution in [0.15, 0.2) is 18.2 Å². The van der Waals surface area contributed by atoms with Gasteiger partial charge in [-0.25, -0.2) is 0 Å². The van der Waals surface area contributed by atoms with Gasteiger partial charge in [-0.3, -0.25) is 9.59 Å². The highest BCUT2D eigenvalue weighted by Gasteiger charge is 2.28. The van der Waals surface area contributed by atoms with E-state index in [4.69, 9.17) is 4.74 Å². The number of aryl methyl sites for hydroxylation is 1. The van der Waals surface area contributed by atoms with Gasteiger partial charge in [0.1, 0.15) is 11.5 Å². The molecule has 102 valence electrons. The number of ether oxygens (including phenoxy) is 1. The minimum Gasteiger partial charge on any atom is -0.496 e. The van der Waals surface area contributed by atoms with E-state index in [1.165, 1.54) is 0 Å². The number of benzene rings is 1. The largest absolute Gasteiger partial charge is 0.496 e. The molecule has 4 heteroatoms. The lowest BCUT2D eigenvalue weighted by Gasteiger charge is -2.30. The molecule has 19 heavy (non-hydrogen) atoms. The number of likely N-dealkylation sites (tertiary alicyclic amines) is 1. The summed E-state index contributed by atoms with van der Waals surface area (Å²) in [7, 11) is 1.56. The molecule has 1 fully saturated rings. The van der Waals surface area contributed by atoms with Crippen LogP contribution in [0.3, 0.4) is 0 Å². The molecule has 1 aromatic rings. The second-order valence-corrected chi connectivity index (χ2v) is 5.07. The summed E-state index contributed by atoms with van der Waals surface area (Å²) in [6.45, 7) is 4.81. The molecular formula is C15H19NO3. The summed E-state index contributed by atoms with van der Waals surface area (Å²) in [5.74, 6) is 0.689. The van der Waals surface area contributed by atoms with Crippen molar-refractivity contribution < 1.29 is 14.3 Å². The summed E-state index contributed by atoms with van der Waals surface area (Å²) in [6, 6.07) is 5.56. The lowest BCUT2D eigenvalue weighted by atomic mass is 9.97. The lowest BCUT2D eigenvalue weighted by molar-refractivity contribution is -0.124. The minimum atomic E-state index is -0.0755. The molecule has 1 heterocycles. The van der Waals surface area contributed by atoms with Gasteiger partial charge in [-0.1, -0.05) is 18.6 Å². The van der Waals surface area contributed by atoms with Crippen LogP contribution >= 0.6 is 0 Å². The van der Waals surface area contributed by atoms with E-state index in [1.807, 2.05) is 26.0 Å². The van der Waals surface area contributed by atoms with Crippen molar-refractivity contribution in [3.8, 4) is 5.75 Å². The molecule has 0 saturated carbocycles. The number of carbonyl (C=O) groups excluding carboxylic acids is 2. The Balaban J connectivity index is 2.24. The number of carbonyl (C=O) groups is 2. The van der Waals surface area contributed by atoms with Crippen molar-refractivity contribution >= 4 is 11.7 Å². The van der Waals surface area contributed by atoms with Gasteiger partial charge in [0.25, 0.3) is 5.91 Å². The van der Waals surface area contributed by atoms with E-state index in [0.29, 0.717) is 30.8 Å². The maximum atomic E-state index is 12.5. The fourth-order valence-electron chi connectivity index (χ4n) is 2.36. The Hall–Kier alpha value is -1.84. The van der Waals surface area contributed by atoms with E-state index in [2.05, 4.69) is 0 Å². The van der Waals surface area contributed by atoms with Crippen molar-refractivity contribution in [1.29, 1.82) is 0 Å². The van der Waals surface area contributed by atoms with E-state index in [0.717, 1.165) is 5.56 Å². The molecule has 1 unspecified atom stereocenters. The zero-order valence-corrected chi connectivity index (χ0v) is 11.6. The van der Waals surface area contributed by atoms with E-state index >= 15 is 0 Å². The molecule has 4 nitrogen and oxygen atoms in total. The van der Waals surface area contributed by atoms with Crippen LogP contribution in [0.25, 0.3) is 0 Å². The van der Waals surface area contributed by atoms with Gasteiger partial charge in [0.15, 0.2) is 0 Å². The van der Waals surface area contributed by atoms with Crippen molar-refractivity contribution in [2.24, 2.45) is 5.92 Å². The molecule has 2 rings (SSSR count). The molecule has 0 bridgehead atoms. The van der Waals surface area contributed by atoms with Gasteiger partial charge in [-0.05, 0) is 19.1 Å². The number of hydrogen-bond donors (Lipinski definition) is 0. The number of rotatable bonds is 2. The van der Waals surface area contributed by atoms with Crippen molar-refractivity contribution in [1.82, 2.24) is 4.90 Å². The Morgan fingerprint density at radius 2 is 2.16 bits per heavy atom. The van der Waals surface area contributed by atoms with Crippen LogP contribution < -0.4 is 4.74 Å². The quantitative estimate of drug-likeness (QED) is 0.818. The normalized spacial score (nSPS) is 19.4. The van der Waals surface area contributed by atoms with E-state index in [9.17, 15) is 9.59 Å². The average molecular weight is 261 g/mol. The van der Waals surface area contributed by atoms with Gasteiger partial charge in [0.05, 0.1) is 12.7 Å². The monoisotopic (exact) mass is 261 g/mol. The summed E-state index contributed by atoms with van der Waals surface area (Å²) < 4.78 is 5.25. The Kier molecular flexibility index (Phi) is 3.88. The Labute approximate surface area is 113 Å². The van der Waals surface area contributed by atoms with E-state index < -0.39 is 0 Å². The summed E-state index contributed by atoms with van der Waals surface area (Å²) in [5.41, 5.74) is 1.59. The van der Waals surface area contributed by atoms with Crippen LogP contribution in [0, 0.1) is 12.8 Å². The topological polar surface area (TPSA) is 46.6 Å². The molecule has 1 atom stereocenters. The molecule has 0 radical (unpaired) electrons. The third-order valence-electron chi connectivity index (χ3n) is 3.54. The Bertz CT molecular complexity index is 510. The van der Waals surface area contributed by atoms with Gasteiger partial charge < -0.3 is 9.64 Å². The molecule has 0 spiro atoms. The molecule has 1 aliphatic heterocycles. The third-order valence-corrected chi connectivity index (χ3v) is 3.54. The Morgan fingerprint density at radius 3 is 2.79 bits per heavy atom. The van der Waals surface area contributed by atoms with Crippen molar-refractivity contribution in [2.45, 2.75) is 20.3 Å². The predicted octanol–water partition coefficient (Wildman–Crippen LogP) is 2.05. The average Bonchev–Trinajstić information content (AvgIpc) is 2.41. The first-order valence-corrected chi connectivity index (χ1v) is 6.49. The van der Waals surface area contributed by atoms with Gasteiger partial charge >= 0.3 is 0 Å². The SMILES string of the molecule is COc1ccc(C)cc1C(=O)N1CCC(=O)C(C)C1. The zero-order valence-electron chi connectivity index (χ0n) is 11.6. The number of Topliss-reactive ketones (excluding diaryl/α,β-unsaturated/α-hetero) is 1. The summed E-state index contributed by atoms with van der Waals surface area (Å²) >= 11 is 0. The van der Waals surface area contributed by atoms with Gasteiger partial charge in [-0.2, -0.15) is 0 Å². The van der Waals surface area contributed by atoms with Crippen molar-refractivity contribution in [2.75, 3.05) is 20.2 Å². The van der Waals surface area contributed by atoms with E-state index in [1.54, 1.807) is 18.1 Å². The molecule has 1 aliphatic rings. The second kappa shape index (κ2) is 5.43. The first-order chi connectivity index (χ1) is 9.02. The van der Waals surface area contributed by atoms with Crippen molar-refractivity contribution in [3.05, 3.63) is 29.3 Å². The molecule has 1 saturated heterocycles. The highest BCUT2D eigenvalue weighted by atomic mass is 16.5. The first kappa shape index (κ1) is 13.6. The number of nitrogens with zero attached hydrogens (tertiary/aromatic N) is 1. The lowest BCUT2D eigenvalue weighted by Crippen LogP contribution is -2.43. The third kappa shape index (κ3) is 2.78. The molecule has 0 N–H and O–H groups in total. The van der Waals surface area contributed by atoms with Gasteiger partial charge in [0, 0.05) is 25.4 Å². The number of ketones is 1. The molecular weight excluding hydrogens is 242 g/mol. The Morgan fingerprint density at radius 1 is 1.42 bits per heavy atom. The molecule has 1 amide bonds. The highest BCUT2D eigenvalue weighted by Crippen LogP contribution is 2.23. The standard InChI is InChI=1S/C15H19NO3/c1-10-4-5-14(19-3)12(8-10)15(18)16-7-6-13(17)11(2)9-16/h4-5,8,11H,6-7,9H2,1-3H3. The van der Waals surface area contributed by atoms with Crippen LogP contribution in [0.4, 0.5) is 0 Å². The van der Waals surface area contributed by atoms with Crippen LogP contribution in [0.5, 0.6) is 5.75 Å². The summed E-state index contributed by atoms with van der Waals surface area (Å²) in [4.78, 5) is 25.8. The van der Waals surface area contributed by atoms with Crippen LogP contribution in [-0.2, 0) is 4.79 Å². The fraction of sp³-hybridized carbons (Fsp3) is 0.467. The predicted molar refractivity (Wildman–Crippen MR) is 72.4 cm³/mol. The first-order valence-electron chi connectivity index (χ1n) is 6.49. The number of hydrogen-bond acceptors (Lipinski definition) is 3. The summed E-state index contributed by atoms with van der Waals surface area (Å²) in [6.07, 6.45) is 0.445. The second-order valence-electron chi connectivity index (χ2n) is 5.07. The molecule has 0 aliphatic carbocycles. The number of piperidine rings is 1. The number of amides is 1. The number of methoxy groups -OCH3 is 1.